The molecule has 0 aliphatic rings. The van der Waals surface area contributed by atoms with Crippen molar-refractivity contribution in [1.29, 1.82) is 0 Å². The summed E-state index contributed by atoms with van der Waals surface area (Å²) in [6.45, 7) is 6.31. The first kappa shape index (κ1) is 30.2. The second kappa shape index (κ2) is 11.3. The Kier molecular flexibility index (Phi) is 8.09. The summed E-state index contributed by atoms with van der Waals surface area (Å²) in [5.41, 5.74) is 4.49. The Labute approximate surface area is 240 Å². The maximum Gasteiger partial charge on any atom is 0.342 e. The average Bonchev–Trinajstić information content (AvgIpc) is 3.34. The molecule has 0 saturated carbocycles. The first-order valence-electron chi connectivity index (χ1n) is 12.4. The van der Waals surface area contributed by atoms with E-state index in [0.29, 0.717) is 0 Å². The molecule has 0 radical (unpaired) electrons. The fraction of sp³-hybridized carbons (Fsp3) is 0.200. The number of esters is 1. The molecular formula is C30H26F3N3O5S. The molecule has 8 nitrogen and oxygen atoms in total. The summed E-state index contributed by atoms with van der Waals surface area (Å²) in [7, 11) is -4.23. The first-order valence-corrected chi connectivity index (χ1v) is 13.9. The van der Waals surface area contributed by atoms with E-state index in [1.807, 2.05) is 0 Å². The Morgan fingerprint density at radius 3 is 2.29 bits per heavy atom. The lowest BCUT2D eigenvalue weighted by molar-refractivity contribution is 0.00661. The summed E-state index contributed by atoms with van der Waals surface area (Å²) < 4.78 is 84.8. The zero-order valence-electron chi connectivity index (χ0n) is 23.0. The highest BCUT2D eigenvalue weighted by atomic mass is 32.2. The minimum Gasteiger partial charge on any atom is -0.456 e. The second-order valence-electron chi connectivity index (χ2n) is 10.2. The van der Waals surface area contributed by atoms with E-state index in [1.165, 1.54) is 12.1 Å². The number of nitrogens with zero attached hydrogens (tertiary/aromatic N) is 2. The number of aliphatic imine (C=N–C) groups is 1. The molecule has 0 aliphatic heterocycles. The number of ether oxygens (including phenoxy) is 2. The number of rotatable bonds is 7. The molecule has 0 fully saturated rings. The second-order valence-corrected chi connectivity index (χ2v) is 12.0. The standard InChI is InChI=1S/C30H26F3N3O5S/c1-6-14-35-28(34)20-11-12-21(29(37)41-30(3,4)5)26(25(20)33)40-27-22(31)16-23-19(24(27)32)13-15-36(23)42(38,39)18-9-7-17(2)8-10-18/h1,7-13,15-16H,14H2,2-5H3,(H2,34,35). The summed E-state index contributed by atoms with van der Waals surface area (Å²) in [6.07, 6.45) is 6.24. The van der Waals surface area contributed by atoms with Crippen LogP contribution in [0.25, 0.3) is 10.9 Å². The summed E-state index contributed by atoms with van der Waals surface area (Å²) in [4.78, 5) is 16.6. The van der Waals surface area contributed by atoms with Crippen molar-refractivity contribution in [2.75, 3.05) is 6.54 Å². The van der Waals surface area contributed by atoms with E-state index in [9.17, 15) is 13.2 Å². The highest BCUT2D eigenvalue weighted by Gasteiger charge is 2.29. The summed E-state index contributed by atoms with van der Waals surface area (Å²) >= 11 is 0. The average molecular weight is 598 g/mol. The smallest absolute Gasteiger partial charge is 0.342 e. The van der Waals surface area contributed by atoms with Gasteiger partial charge in [-0.1, -0.05) is 23.6 Å². The number of carbonyl (C=O) groups is 1. The highest BCUT2D eigenvalue weighted by molar-refractivity contribution is 7.90. The van der Waals surface area contributed by atoms with Gasteiger partial charge in [0.2, 0.25) is 0 Å². The Bertz CT molecular complexity index is 1880. The lowest BCUT2D eigenvalue weighted by atomic mass is 10.1. The lowest BCUT2D eigenvalue weighted by Crippen LogP contribution is -2.25. The monoisotopic (exact) mass is 597 g/mol. The van der Waals surface area contributed by atoms with Crippen LogP contribution in [0.15, 0.2) is 64.6 Å². The number of amidine groups is 1. The van der Waals surface area contributed by atoms with Gasteiger partial charge in [0.1, 0.15) is 23.5 Å². The van der Waals surface area contributed by atoms with Crippen LogP contribution in [0.1, 0.15) is 42.3 Å². The van der Waals surface area contributed by atoms with Crippen LogP contribution in [-0.4, -0.2) is 36.3 Å². The Hall–Kier alpha value is -4.76. The van der Waals surface area contributed by atoms with Crippen LogP contribution < -0.4 is 10.5 Å². The van der Waals surface area contributed by atoms with Gasteiger partial charge in [-0.3, -0.25) is 4.99 Å². The van der Waals surface area contributed by atoms with Crippen LogP contribution in [0.3, 0.4) is 0 Å². The van der Waals surface area contributed by atoms with Crippen molar-refractivity contribution in [3.05, 3.63) is 88.9 Å². The molecule has 0 spiro atoms. The first-order chi connectivity index (χ1) is 19.7. The molecule has 12 heteroatoms. The molecule has 3 aromatic carbocycles. The van der Waals surface area contributed by atoms with Crippen molar-refractivity contribution in [2.24, 2.45) is 10.7 Å². The molecule has 4 rings (SSSR count). The molecule has 0 bridgehead atoms. The van der Waals surface area contributed by atoms with Crippen molar-refractivity contribution in [3.63, 3.8) is 0 Å². The van der Waals surface area contributed by atoms with Crippen molar-refractivity contribution >= 4 is 32.7 Å². The van der Waals surface area contributed by atoms with E-state index in [4.69, 9.17) is 21.6 Å². The van der Waals surface area contributed by atoms with Gasteiger partial charge in [0.25, 0.3) is 10.0 Å². The summed E-state index contributed by atoms with van der Waals surface area (Å²) in [6, 6.07) is 9.98. The quantitative estimate of drug-likeness (QED) is 0.127. The number of benzene rings is 3. The molecule has 218 valence electrons. The number of aryl methyl sites for hydroxylation is 1. The van der Waals surface area contributed by atoms with Gasteiger partial charge >= 0.3 is 5.97 Å². The topological polar surface area (TPSA) is 113 Å². The molecule has 0 amide bonds. The number of carbonyl (C=O) groups excluding carboxylic acids is 1. The van der Waals surface area contributed by atoms with Gasteiger partial charge in [0.15, 0.2) is 29.0 Å². The summed E-state index contributed by atoms with van der Waals surface area (Å²) in [5, 5.41) is -0.340. The third kappa shape index (κ3) is 5.82. The van der Waals surface area contributed by atoms with Crippen molar-refractivity contribution in [2.45, 2.75) is 38.2 Å². The van der Waals surface area contributed by atoms with Crippen LogP contribution in [0, 0.1) is 36.7 Å². The maximum absolute atomic E-state index is 15.8. The van der Waals surface area contributed by atoms with Crippen LogP contribution >= 0.6 is 0 Å². The minimum absolute atomic E-state index is 0.100. The fourth-order valence-electron chi connectivity index (χ4n) is 3.96. The largest absolute Gasteiger partial charge is 0.456 e. The van der Waals surface area contributed by atoms with Gasteiger partial charge < -0.3 is 15.2 Å². The molecule has 42 heavy (non-hydrogen) atoms. The van der Waals surface area contributed by atoms with Crippen LogP contribution in [0.4, 0.5) is 13.2 Å². The van der Waals surface area contributed by atoms with Gasteiger partial charge in [0, 0.05) is 17.6 Å². The number of hydrogen-bond acceptors (Lipinski definition) is 6. The Balaban J connectivity index is 1.87. The number of fused-ring (bicyclic) bond motifs is 1. The van der Waals surface area contributed by atoms with Gasteiger partial charge in [-0.05, 0) is 58.0 Å². The van der Waals surface area contributed by atoms with E-state index in [2.05, 4.69) is 10.9 Å². The van der Waals surface area contributed by atoms with Crippen LogP contribution in [0.2, 0.25) is 0 Å². The number of nitrogens with two attached hydrogens (primary N) is 1. The number of terminal acetylenes is 1. The van der Waals surface area contributed by atoms with Crippen molar-refractivity contribution in [1.82, 2.24) is 3.97 Å². The van der Waals surface area contributed by atoms with Gasteiger partial charge in [-0.2, -0.15) is 0 Å². The highest BCUT2D eigenvalue weighted by Crippen LogP contribution is 2.38. The molecule has 0 unspecified atom stereocenters. The van der Waals surface area contributed by atoms with Crippen molar-refractivity contribution in [3.8, 4) is 23.8 Å². The maximum atomic E-state index is 15.8. The third-order valence-corrected chi connectivity index (χ3v) is 7.62. The molecule has 1 heterocycles. The minimum atomic E-state index is -4.23. The number of hydrogen-bond donors (Lipinski definition) is 1. The van der Waals surface area contributed by atoms with Gasteiger partial charge in [-0.15, -0.1) is 6.42 Å². The van der Waals surface area contributed by atoms with E-state index >= 15 is 13.2 Å². The van der Waals surface area contributed by atoms with Crippen molar-refractivity contribution < 1.29 is 35.9 Å². The zero-order valence-corrected chi connectivity index (χ0v) is 23.9. The Morgan fingerprint density at radius 1 is 1.02 bits per heavy atom. The molecule has 1 aromatic heterocycles. The van der Waals surface area contributed by atoms with E-state index in [0.717, 1.165) is 40.0 Å². The van der Waals surface area contributed by atoms with Gasteiger partial charge in [0.05, 0.1) is 16.0 Å². The summed E-state index contributed by atoms with van der Waals surface area (Å²) in [5.74, 6) is -5.11. The number of aromatic nitrogens is 1. The van der Waals surface area contributed by atoms with Gasteiger partial charge in [-0.25, -0.2) is 30.4 Å². The number of halogens is 3. The molecule has 0 atom stereocenters. The Morgan fingerprint density at radius 2 is 1.67 bits per heavy atom. The van der Waals surface area contributed by atoms with E-state index in [1.54, 1.807) is 39.8 Å². The molecule has 2 N–H and O–H groups in total. The molecule has 0 saturated heterocycles. The third-order valence-electron chi connectivity index (χ3n) is 5.92. The molecular weight excluding hydrogens is 571 g/mol. The molecule has 0 aliphatic carbocycles. The van der Waals surface area contributed by atoms with E-state index < -0.39 is 56.1 Å². The predicted octanol–water partition coefficient (Wildman–Crippen LogP) is 5.69. The van der Waals surface area contributed by atoms with Crippen LogP contribution in [0.5, 0.6) is 11.5 Å². The fourth-order valence-corrected chi connectivity index (χ4v) is 5.30. The molecule has 4 aromatic rings. The predicted molar refractivity (Wildman–Crippen MR) is 152 cm³/mol. The normalized spacial score (nSPS) is 12.3. The zero-order chi connectivity index (χ0) is 31.0. The van der Waals surface area contributed by atoms with Crippen LogP contribution in [-0.2, 0) is 14.8 Å². The SMILES string of the molecule is C#CCN=C(N)c1ccc(C(=O)OC(C)(C)C)c(Oc2c(F)cc3c(ccn3S(=O)(=O)c3ccc(C)cc3)c2F)c1F. The van der Waals surface area contributed by atoms with E-state index in [-0.39, 0.29) is 33.7 Å². The lowest BCUT2D eigenvalue weighted by Gasteiger charge is -2.21.